The number of carbonyl (C=O) groups is 1. The Morgan fingerprint density at radius 1 is 1.08 bits per heavy atom. The van der Waals surface area contributed by atoms with Gasteiger partial charge < -0.3 is 9.88 Å². The molecule has 0 saturated carbocycles. The van der Waals surface area contributed by atoms with E-state index in [4.69, 9.17) is 0 Å². The minimum absolute atomic E-state index is 0.0527. The summed E-state index contributed by atoms with van der Waals surface area (Å²) < 4.78 is 2.03. The second kappa shape index (κ2) is 7.98. The number of aromatic nitrogens is 3. The van der Waals surface area contributed by atoms with Gasteiger partial charge in [-0.05, 0) is 26.0 Å². The highest BCUT2D eigenvalue weighted by atomic mass is 32.2. The van der Waals surface area contributed by atoms with E-state index in [0.29, 0.717) is 0 Å². The largest absolute Gasteiger partial charge is 0.325 e. The second-order valence-corrected chi connectivity index (χ2v) is 6.84. The van der Waals surface area contributed by atoms with Gasteiger partial charge in [0.15, 0.2) is 11.0 Å². The molecule has 1 unspecified atom stereocenters. The van der Waals surface area contributed by atoms with Gasteiger partial charge in [-0.3, -0.25) is 4.79 Å². The topological polar surface area (TPSA) is 59.8 Å². The van der Waals surface area contributed by atoms with Gasteiger partial charge in [0, 0.05) is 17.8 Å². The number of hydrogen-bond acceptors (Lipinski definition) is 4. The van der Waals surface area contributed by atoms with E-state index in [-0.39, 0.29) is 11.2 Å². The standard InChI is InChI=1S/C19H20N4OS/c1-3-23-17(15-10-6-4-7-11-15)21-22-19(23)25-14(2)18(24)20-16-12-8-5-9-13-16/h4-14H,3H2,1-2H3,(H,20,24). The van der Waals surface area contributed by atoms with Crippen LogP contribution in [0.4, 0.5) is 5.69 Å². The fourth-order valence-electron chi connectivity index (χ4n) is 2.44. The van der Waals surface area contributed by atoms with Crippen LogP contribution in [0.25, 0.3) is 11.4 Å². The zero-order valence-electron chi connectivity index (χ0n) is 14.2. The zero-order chi connectivity index (χ0) is 17.6. The predicted octanol–water partition coefficient (Wildman–Crippen LogP) is 4.08. The molecule has 3 aromatic rings. The molecule has 1 heterocycles. The van der Waals surface area contributed by atoms with Crippen LogP contribution < -0.4 is 5.32 Å². The highest BCUT2D eigenvalue weighted by Crippen LogP contribution is 2.27. The van der Waals surface area contributed by atoms with Crippen LogP contribution in [0.15, 0.2) is 65.8 Å². The lowest BCUT2D eigenvalue weighted by atomic mass is 10.2. The third-order valence-electron chi connectivity index (χ3n) is 3.76. The summed E-state index contributed by atoms with van der Waals surface area (Å²) in [5, 5.41) is 12.0. The van der Waals surface area contributed by atoms with Crippen molar-refractivity contribution in [3.8, 4) is 11.4 Å². The summed E-state index contributed by atoms with van der Waals surface area (Å²) in [4.78, 5) is 12.4. The number of thioether (sulfide) groups is 1. The Labute approximate surface area is 151 Å². The number of para-hydroxylation sites is 1. The van der Waals surface area contributed by atoms with E-state index in [1.807, 2.05) is 72.2 Å². The van der Waals surface area contributed by atoms with Gasteiger partial charge in [0.05, 0.1) is 5.25 Å². The van der Waals surface area contributed by atoms with E-state index >= 15 is 0 Å². The molecule has 1 aromatic heterocycles. The van der Waals surface area contributed by atoms with E-state index in [9.17, 15) is 4.79 Å². The highest BCUT2D eigenvalue weighted by molar-refractivity contribution is 8.00. The summed E-state index contributed by atoms with van der Waals surface area (Å²) in [6.45, 7) is 4.67. The molecule has 0 spiro atoms. The van der Waals surface area contributed by atoms with E-state index < -0.39 is 0 Å². The lowest BCUT2D eigenvalue weighted by Crippen LogP contribution is -2.22. The van der Waals surface area contributed by atoms with Crippen molar-refractivity contribution in [2.45, 2.75) is 30.8 Å². The third kappa shape index (κ3) is 4.09. The van der Waals surface area contributed by atoms with Crippen molar-refractivity contribution >= 4 is 23.4 Å². The Morgan fingerprint density at radius 2 is 1.72 bits per heavy atom. The maximum atomic E-state index is 12.4. The Balaban J connectivity index is 1.74. The van der Waals surface area contributed by atoms with Gasteiger partial charge in [0.1, 0.15) is 0 Å². The Kier molecular flexibility index (Phi) is 5.50. The summed E-state index contributed by atoms with van der Waals surface area (Å²) in [5.41, 5.74) is 1.81. The van der Waals surface area contributed by atoms with Crippen molar-refractivity contribution < 1.29 is 4.79 Å². The molecule has 1 N–H and O–H groups in total. The van der Waals surface area contributed by atoms with Gasteiger partial charge >= 0.3 is 0 Å². The number of nitrogens with one attached hydrogen (secondary N) is 1. The summed E-state index contributed by atoms with van der Waals surface area (Å²) in [5.74, 6) is 0.768. The molecule has 0 saturated heterocycles. The van der Waals surface area contributed by atoms with Crippen LogP contribution in [0.1, 0.15) is 13.8 Å². The molecular formula is C19H20N4OS. The first kappa shape index (κ1) is 17.2. The van der Waals surface area contributed by atoms with Crippen molar-refractivity contribution in [2.75, 3.05) is 5.32 Å². The van der Waals surface area contributed by atoms with Crippen LogP contribution in [0.5, 0.6) is 0 Å². The van der Waals surface area contributed by atoms with Crippen LogP contribution in [0.2, 0.25) is 0 Å². The number of anilines is 1. The third-order valence-corrected chi connectivity index (χ3v) is 4.84. The molecule has 0 aliphatic carbocycles. The first-order valence-corrected chi connectivity index (χ1v) is 9.08. The van der Waals surface area contributed by atoms with Crippen molar-refractivity contribution in [3.63, 3.8) is 0 Å². The highest BCUT2D eigenvalue weighted by Gasteiger charge is 2.20. The maximum Gasteiger partial charge on any atom is 0.237 e. The van der Waals surface area contributed by atoms with Gasteiger partial charge in [-0.15, -0.1) is 10.2 Å². The number of carbonyl (C=O) groups excluding carboxylic acids is 1. The monoisotopic (exact) mass is 352 g/mol. The quantitative estimate of drug-likeness (QED) is 0.679. The number of rotatable bonds is 6. The van der Waals surface area contributed by atoms with Gasteiger partial charge in [-0.1, -0.05) is 60.3 Å². The fourth-order valence-corrected chi connectivity index (χ4v) is 3.35. The summed E-state index contributed by atoms with van der Waals surface area (Å²) >= 11 is 1.41. The molecule has 3 rings (SSSR count). The van der Waals surface area contributed by atoms with E-state index in [2.05, 4.69) is 22.4 Å². The molecule has 1 atom stereocenters. The van der Waals surface area contributed by atoms with Crippen molar-refractivity contribution in [2.24, 2.45) is 0 Å². The molecule has 0 aliphatic heterocycles. The van der Waals surface area contributed by atoms with Crippen LogP contribution >= 0.6 is 11.8 Å². The van der Waals surface area contributed by atoms with Crippen LogP contribution in [0.3, 0.4) is 0 Å². The van der Waals surface area contributed by atoms with Crippen molar-refractivity contribution in [3.05, 3.63) is 60.7 Å². The second-order valence-electron chi connectivity index (χ2n) is 5.53. The molecule has 0 radical (unpaired) electrons. The van der Waals surface area contributed by atoms with Crippen molar-refractivity contribution in [1.82, 2.24) is 14.8 Å². The fraction of sp³-hybridized carbons (Fsp3) is 0.211. The predicted molar refractivity (Wildman–Crippen MR) is 102 cm³/mol. The molecule has 25 heavy (non-hydrogen) atoms. The summed E-state index contributed by atoms with van der Waals surface area (Å²) in [7, 11) is 0. The smallest absolute Gasteiger partial charge is 0.237 e. The average molecular weight is 352 g/mol. The number of amides is 1. The zero-order valence-corrected chi connectivity index (χ0v) is 15.0. The van der Waals surface area contributed by atoms with Gasteiger partial charge in [-0.2, -0.15) is 0 Å². The Morgan fingerprint density at radius 3 is 2.36 bits per heavy atom. The van der Waals surface area contributed by atoms with Gasteiger partial charge in [0.25, 0.3) is 0 Å². The molecule has 1 amide bonds. The minimum atomic E-state index is -0.279. The van der Waals surface area contributed by atoms with Crippen LogP contribution in [0, 0.1) is 0 Å². The summed E-state index contributed by atoms with van der Waals surface area (Å²) in [6, 6.07) is 19.4. The van der Waals surface area contributed by atoms with Crippen molar-refractivity contribution in [1.29, 1.82) is 0 Å². The van der Waals surface area contributed by atoms with Crippen LogP contribution in [-0.4, -0.2) is 25.9 Å². The molecule has 5 nitrogen and oxygen atoms in total. The lowest BCUT2D eigenvalue weighted by Gasteiger charge is -2.12. The molecule has 0 aliphatic rings. The lowest BCUT2D eigenvalue weighted by molar-refractivity contribution is -0.115. The van der Waals surface area contributed by atoms with Gasteiger partial charge in [-0.25, -0.2) is 0 Å². The molecular weight excluding hydrogens is 332 g/mol. The molecule has 0 fully saturated rings. The number of nitrogens with zero attached hydrogens (tertiary/aromatic N) is 3. The molecule has 128 valence electrons. The Bertz CT molecular complexity index is 833. The maximum absolute atomic E-state index is 12.4. The first-order valence-electron chi connectivity index (χ1n) is 8.20. The van der Waals surface area contributed by atoms with E-state index in [1.165, 1.54) is 11.8 Å². The first-order chi connectivity index (χ1) is 12.2. The normalized spacial score (nSPS) is 11.9. The van der Waals surface area contributed by atoms with E-state index in [1.54, 1.807) is 0 Å². The average Bonchev–Trinajstić information content (AvgIpc) is 3.05. The SMILES string of the molecule is CCn1c(SC(C)C(=O)Nc2ccccc2)nnc1-c1ccccc1. The minimum Gasteiger partial charge on any atom is -0.325 e. The molecule has 2 aromatic carbocycles. The Hall–Kier alpha value is -2.60. The molecule has 0 bridgehead atoms. The number of benzene rings is 2. The van der Waals surface area contributed by atoms with E-state index in [0.717, 1.165) is 28.8 Å². The summed E-state index contributed by atoms with van der Waals surface area (Å²) in [6.07, 6.45) is 0. The van der Waals surface area contributed by atoms with Crippen LogP contribution in [-0.2, 0) is 11.3 Å². The van der Waals surface area contributed by atoms with Gasteiger partial charge in [0.2, 0.25) is 5.91 Å². The molecule has 6 heteroatoms. The number of hydrogen-bond donors (Lipinski definition) is 1.